The van der Waals surface area contributed by atoms with Crippen LogP contribution in [0.4, 0.5) is 0 Å². The Morgan fingerprint density at radius 1 is 0.886 bits per heavy atom. The van der Waals surface area contributed by atoms with Gasteiger partial charge in [-0.1, -0.05) is 6.07 Å². The van der Waals surface area contributed by atoms with Crippen molar-refractivity contribution in [2.75, 3.05) is 19.8 Å². The van der Waals surface area contributed by atoms with Crippen molar-refractivity contribution in [2.24, 2.45) is 0 Å². The maximum Gasteiger partial charge on any atom is 0.331 e. The van der Waals surface area contributed by atoms with E-state index in [1.165, 1.54) is 18.2 Å². The fourth-order valence-electron chi connectivity index (χ4n) is 4.42. The third-order valence-corrected chi connectivity index (χ3v) is 6.50. The Hall–Kier alpha value is -3.84. The molecule has 244 valence electrons. The van der Waals surface area contributed by atoms with Crippen LogP contribution < -0.4 is 0 Å². The number of benzene rings is 1. The number of esters is 4. The summed E-state index contributed by atoms with van der Waals surface area (Å²) in [6, 6.07) is 3.68. The third kappa shape index (κ3) is 8.41. The second-order valence-electron chi connectivity index (χ2n) is 9.88. The van der Waals surface area contributed by atoms with Gasteiger partial charge in [-0.3, -0.25) is 14.4 Å². The summed E-state index contributed by atoms with van der Waals surface area (Å²) < 4.78 is 37.7. The van der Waals surface area contributed by atoms with E-state index in [1.54, 1.807) is 0 Å². The van der Waals surface area contributed by atoms with Gasteiger partial charge < -0.3 is 63.8 Å². The number of phenols is 2. The van der Waals surface area contributed by atoms with Gasteiger partial charge in [0.2, 0.25) is 12.1 Å². The molecule has 1 aromatic carbocycles. The predicted molar refractivity (Wildman–Crippen MR) is 140 cm³/mol. The number of carbonyl (C=O) groups is 4. The monoisotopic (exact) mass is 630 g/mol. The standard InChI is InChI=1S/C27H34O17/c1-12(29)38-10-19-21(35)23(37)24(40-14(3)31)26(41-19)44-27(11-39-13(2)30)25(22(36)18(9-28)43-27)42-20(34)7-5-15-4-6-16(32)17(33)8-15/h4-8,18-19,21-26,28,32-33,35-37H,9-11H2,1-3H3/b7-5+/t18-,19-,21-,22-,23+,24-,25+,26-,27+/m1/s1. The molecular formula is C27H34O17. The molecule has 44 heavy (non-hydrogen) atoms. The molecule has 0 unspecified atom stereocenters. The first-order valence-electron chi connectivity index (χ1n) is 13.2. The second kappa shape index (κ2) is 14.8. The largest absolute Gasteiger partial charge is 0.504 e. The summed E-state index contributed by atoms with van der Waals surface area (Å²) in [7, 11) is 0. The molecule has 17 heteroatoms. The van der Waals surface area contributed by atoms with Crippen LogP contribution in [-0.2, 0) is 52.3 Å². The molecule has 0 spiro atoms. The molecule has 2 heterocycles. The summed E-state index contributed by atoms with van der Waals surface area (Å²) in [5, 5.41) is 61.2. The van der Waals surface area contributed by atoms with E-state index >= 15 is 0 Å². The zero-order valence-electron chi connectivity index (χ0n) is 23.8. The van der Waals surface area contributed by atoms with Crippen LogP contribution in [0.5, 0.6) is 11.5 Å². The normalized spacial score (nSPS) is 31.8. The highest BCUT2D eigenvalue weighted by atomic mass is 16.8. The smallest absolute Gasteiger partial charge is 0.331 e. The highest BCUT2D eigenvalue weighted by Gasteiger charge is 2.62. The molecule has 0 saturated carbocycles. The van der Waals surface area contributed by atoms with Crippen molar-refractivity contribution in [3.8, 4) is 11.5 Å². The zero-order chi connectivity index (χ0) is 32.8. The van der Waals surface area contributed by atoms with Gasteiger partial charge in [-0.15, -0.1) is 0 Å². The Bertz CT molecular complexity index is 1230. The van der Waals surface area contributed by atoms with E-state index in [0.717, 1.165) is 32.9 Å². The number of aliphatic hydroxyl groups excluding tert-OH is 4. The van der Waals surface area contributed by atoms with Gasteiger partial charge >= 0.3 is 23.9 Å². The highest BCUT2D eigenvalue weighted by Crippen LogP contribution is 2.39. The molecule has 2 aliphatic rings. The summed E-state index contributed by atoms with van der Waals surface area (Å²) >= 11 is 0. The number of hydrogen-bond donors (Lipinski definition) is 6. The van der Waals surface area contributed by atoms with E-state index in [0.29, 0.717) is 0 Å². The van der Waals surface area contributed by atoms with Crippen molar-refractivity contribution in [1.82, 2.24) is 0 Å². The van der Waals surface area contributed by atoms with E-state index in [4.69, 9.17) is 33.2 Å². The molecule has 2 saturated heterocycles. The number of rotatable bonds is 11. The van der Waals surface area contributed by atoms with Gasteiger partial charge in [-0.05, 0) is 23.8 Å². The minimum atomic E-state index is -2.48. The van der Waals surface area contributed by atoms with E-state index in [9.17, 15) is 49.8 Å². The van der Waals surface area contributed by atoms with Crippen LogP contribution >= 0.6 is 0 Å². The first-order chi connectivity index (χ1) is 20.7. The van der Waals surface area contributed by atoms with Crippen molar-refractivity contribution >= 4 is 30.0 Å². The second-order valence-corrected chi connectivity index (χ2v) is 9.88. The van der Waals surface area contributed by atoms with E-state index < -0.39 is 110 Å². The molecule has 0 aliphatic carbocycles. The maximum absolute atomic E-state index is 12.9. The molecule has 17 nitrogen and oxygen atoms in total. The van der Waals surface area contributed by atoms with Crippen molar-refractivity contribution < 1.29 is 83.0 Å². The van der Waals surface area contributed by atoms with Gasteiger partial charge in [0.1, 0.15) is 43.7 Å². The maximum atomic E-state index is 12.9. The SMILES string of the molecule is CC(=O)OC[C@H]1O[C@H](O[C@]2(COC(C)=O)O[C@H](CO)[C@@H](O)[C@@H]2OC(=O)/C=C/c2ccc(O)c(O)c2)[C@H](OC(C)=O)[C@@H](O)[C@@H]1O. The molecule has 3 rings (SSSR count). The van der Waals surface area contributed by atoms with Crippen LogP contribution in [0, 0.1) is 0 Å². The van der Waals surface area contributed by atoms with Crippen molar-refractivity contribution in [3.63, 3.8) is 0 Å². The highest BCUT2D eigenvalue weighted by molar-refractivity contribution is 5.87. The summed E-state index contributed by atoms with van der Waals surface area (Å²) in [6.07, 6.45) is -11.9. The minimum absolute atomic E-state index is 0.266. The van der Waals surface area contributed by atoms with Gasteiger partial charge in [-0.2, -0.15) is 0 Å². The zero-order valence-corrected chi connectivity index (χ0v) is 23.8. The molecule has 0 amide bonds. The number of carbonyl (C=O) groups excluding carboxylic acids is 4. The Labute approximate surface area is 250 Å². The van der Waals surface area contributed by atoms with Crippen LogP contribution in [0.3, 0.4) is 0 Å². The van der Waals surface area contributed by atoms with Gasteiger partial charge in [0, 0.05) is 26.8 Å². The predicted octanol–water partition coefficient (Wildman–Crippen LogP) is -2.01. The summed E-state index contributed by atoms with van der Waals surface area (Å²) in [5.74, 6) is -7.03. The van der Waals surface area contributed by atoms with Crippen LogP contribution in [0.15, 0.2) is 24.3 Å². The van der Waals surface area contributed by atoms with E-state index in [2.05, 4.69) is 0 Å². The Morgan fingerprint density at radius 2 is 1.57 bits per heavy atom. The molecule has 0 aromatic heterocycles. The molecule has 0 radical (unpaired) electrons. The van der Waals surface area contributed by atoms with Gasteiger partial charge in [0.25, 0.3) is 0 Å². The van der Waals surface area contributed by atoms with E-state index in [1.807, 2.05) is 0 Å². The quantitative estimate of drug-likeness (QED) is 0.0668. The third-order valence-electron chi connectivity index (χ3n) is 6.50. The number of hydrogen-bond acceptors (Lipinski definition) is 17. The van der Waals surface area contributed by atoms with E-state index in [-0.39, 0.29) is 5.56 Å². The average molecular weight is 631 g/mol. The van der Waals surface area contributed by atoms with Crippen molar-refractivity contribution in [2.45, 2.75) is 75.6 Å². The topological polar surface area (TPSA) is 254 Å². The lowest BCUT2D eigenvalue weighted by Crippen LogP contribution is -2.64. The average Bonchev–Trinajstić information content (AvgIpc) is 3.21. The number of aliphatic hydroxyl groups is 4. The summed E-state index contributed by atoms with van der Waals surface area (Å²) in [4.78, 5) is 47.8. The Balaban J connectivity index is 1.98. The van der Waals surface area contributed by atoms with Crippen molar-refractivity contribution in [3.05, 3.63) is 29.8 Å². The lowest BCUT2D eigenvalue weighted by molar-refractivity contribution is -0.384. The first-order valence-corrected chi connectivity index (χ1v) is 13.2. The fourth-order valence-corrected chi connectivity index (χ4v) is 4.42. The Kier molecular flexibility index (Phi) is 11.6. The molecule has 9 atom stereocenters. The molecular weight excluding hydrogens is 596 g/mol. The fraction of sp³-hybridized carbons (Fsp3) is 0.556. The van der Waals surface area contributed by atoms with Crippen LogP contribution in [-0.4, -0.2) is 129 Å². The van der Waals surface area contributed by atoms with Crippen molar-refractivity contribution in [1.29, 1.82) is 0 Å². The van der Waals surface area contributed by atoms with Gasteiger partial charge in [0.15, 0.2) is 23.7 Å². The number of phenolic OH excluding ortho intramolecular Hbond substituents is 2. The molecule has 6 N–H and O–H groups in total. The summed E-state index contributed by atoms with van der Waals surface area (Å²) in [5.41, 5.74) is 0.266. The van der Waals surface area contributed by atoms with Crippen LogP contribution in [0.2, 0.25) is 0 Å². The Morgan fingerprint density at radius 3 is 2.16 bits per heavy atom. The lowest BCUT2D eigenvalue weighted by atomic mass is 9.98. The summed E-state index contributed by atoms with van der Waals surface area (Å²) in [6.45, 7) is 0.749. The molecule has 0 bridgehead atoms. The number of ether oxygens (including phenoxy) is 7. The van der Waals surface area contributed by atoms with Crippen LogP contribution in [0.1, 0.15) is 26.3 Å². The first kappa shape index (κ1) is 34.6. The van der Waals surface area contributed by atoms with Gasteiger partial charge in [0.05, 0.1) is 6.61 Å². The minimum Gasteiger partial charge on any atom is -0.504 e. The molecule has 2 fully saturated rings. The lowest BCUT2D eigenvalue weighted by Gasteiger charge is -2.44. The number of aromatic hydroxyl groups is 2. The van der Waals surface area contributed by atoms with Gasteiger partial charge in [-0.25, -0.2) is 4.79 Å². The molecule has 2 aliphatic heterocycles. The van der Waals surface area contributed by atoms with Crippen LogP contribution in [0.25, 0.3) is 6.08 Å². The molecule has 1 aromatic rings.